The van der Waals surface area contributed by atoms with E-state index in [4.69, 9.17) is 11.6 Å². The van der Waals surface area contributed by atoms with Crippen LogP contribution in [0.3, 0.4) is 0 Å². The molecule has 0 saturated heterocycles. The number of hydrogen-bond donors (Lipinski definition) is 1. The van der Waals surface area contributed by atoms with E-state index < -0.39 is 0 Å². The second-order valence-corrected chi connectivity index (χ2v) is 4.12. The zero-order chi connectivity index (χ0) is 12.8. The minimum absolute atomic E-state index is 0.202. The zero-order valence-electron chi connectivity index (χ0n) is 9.64. The maximum Gasteiger partial charge on any atom is 0.248 e. The Bertz CT molecular complexity index is 564. The summed E-state index contributed by atoms with van der Waals surface area (Å²) in [7, 11) is 0. The predicted octanol–water partition coefficient (Wildman–Crippen LogP) is 3.99. The predicted molar refractivity (Wildman–Crippen MR) is 75.6 cm³/mol. The summed E-state index contributed by atoms with van der Waals surface area (Å²) in [6.07, 6.45) is 3.24. The molecule has 0 radical (unpaired) electrons. The molecule has 18 heavy (non-hydrogen) atoms. The van der Waals surface area contributed by atoms with Crippen LogP contribution in [0.1, 0.15) is 5.56 Å². The summed E-state index contributed by atoms with van der Waals surface area (Å²) in [5.74, 6) is -0.202. The molecular formula is C15H12ClNO. The topological polar surface area (TPSA) is 29.1 Å². The van der Waals surface area contributed by atoms with Crippen LogP contribution >= 0.6 is 11.6 Å². The molecule has 0 aromatic heterocycles. The van der Waals surface area contributed by atoms with Gasteiger partial charge >= 0.3 is 0 Å². The normalized spacial score (nSPS) is 10.5. The van der Waals surface area contributed by atoms with Crippen LogP contribution in [-0.2, 0) is 4.79 Å². The van der Waals surface area contributed by atoms with Crippen molar-refractivity contribution < 1.29 is 4.79 Å². The minimum Gasteiger partial charge on any atom is -0.321 e. The standard InChI is InChI=1S/C15H12ClNO/c16-13-8-4-5-9-14(13)17-15(18)11-10-12-6-2-1-3-7-12/h1-11H,(H,17,18). The quantitative estimate of drug-likeness (QED) is 0.828. The fourth-order valence-electron chi connectivity index (χ4n) is 1.47. The van der Waals surface area contributed by atoms with Crippen molar-refractivity contribution in [3.8, 4) is 0 Å². The van der Waals surface area contributed by atoms with E-state index in [0.717, 1.165) is 5.56 Å². The molecule has 2 aromatic rings. The molecule has 2 rings (SSSR count). The van der Waals surface area contributed by atoms with Gasteiger partial charge in [-0.2, -0.15) is 0 Å². The smallest absolute Gasteiger partial charge is 0.248 e. The van der Waals surface area contributed by atoms with E-state index in [2.05, 4.69) is 5.32 Å². The Kier molecular flexibility index (Phi) is 4.15. The van der Waals surface area contributed by atoms with E-state index in [1.54, 1.807) is 18.2 Å². The van der Waals surface area contributed by atoms with Crippen molar-refractivity contribution >= 4 is 29.3 Å². The molecule has 0 unspecified atom stereocenters. The lowest BCUT2D eigenvalue weighted by Gasteiger charge is -2.03. The van der Waals surface area contributed by atoms with Crippen molar-refractivity contribution in [1.82, 2.24) is 0 Å². The van der Waals surface area contributed by atoms with Crippen molar-refractivity contribution in [3.63, 3.8) is 0 Å². The molecule has 0 aliphatic rings. The number of rotatable bonds is 3. The number of carbonyl (C=O) groups is 1. The Balaban J connectivity index is 2.02. The number of carbonyl (C=O) groups excluding carboxylic acids is 1. The van der Waals surface area contributed by atoms with E-state index in [-0.39, 0.29) is 5.91 Å². The first-order valence-corrected chi connectivity index (χ1v) is 5.92. The summed E-state index contributed by atoms with van der Waals surface area (Å²) in [5, 5.41) is 3.25. The summed E-state index contributed by atoms with van der Waals surface area (Å²) in [4.78, 5) is 11.7. The summed E-state index contributed by atoms with van der Waals surface area (Å²) < 4.78 is 0. The lowest BCUT2D eigenvalue weighted by atomic mass is 10.2. The van der Waals surface area contributed by atoms with Gasteiger partial charge in [0.25, 0.3) is 0 Å². The van der Waals surface area contributed by atoms with Crippen molar-refractivity contribution in [2.24, 2.45) is 0 Å². The molecule has 2 aromatic carbocycles. The van der Waals surface area contributed by atoms with Gasteiger partial charge in [-0.25, -0.2) is 0 Å². The van der Waals surface area contributed by atoms with Gasteiger partial charge in [-0.15, -0.1) is 0 Å². The van der Waals surface area contributed by atoms with Crippen molar-refractivity contribution in [2.45, 2.75) is 0 Å². The Morgan fingerprint density at radius 2 is 1.67 bits per heavy atom. The molecule has 1 amide bonds. The first-order chi connectivity index (χ1) is 8.75. The third-order valence-electron chi connectivity index (χ3n) is 2.36. The van der Waals surface area contributed by atoms with Crippen LogP contribution in [0, 0.1) is 0 Å². The third kappa shape index (κ3) is 3.47. The molecule has 2 nitrogen and oxygen atoms in total. The average molecular weight is 258 g/mol. The fraction of sp³-hybridized carbons (Fsp3) is 0. The number of nitrogens with one attached hydrogen (secondary N) is 1. The highest BCUT2D eigenvalue weighted by Gasteiger charge is 2.01. The van der Waals surface area contributed by atoms with Crippen LogP contribution < -0.4 is 5.32 Å². The monoisotopic (exact) mass is 257 g/mol. The van der Waals surface area contributed by atoms with Gasteiger partial charge in [0.05, 0.1) is 10.7 Å². The second-order valence-electron chi connectivity index (χ2n) is 3.71. The second kappa shape index (κ2) is 6.03. The van der Waals surface area contributed by atoms with E-state index in [9.17, 15) is 4.79 Å². The third-order valence-corrected chi connectivity index (χ3v) is 2.69. The van der Waals surface area contributed by atoms with Gasteiger partial charge in [0.2, 0.25) is 5.91 Å². The molecule has 0 aliphatic heterocycles. The molecule has 0 saturated carbocycles. The van der Waals surface area contributed by atoms with Crippen molar-refractivity contribution in [2.75, 3.05) is 5.32 Å². The van der Waals surface area contributed by atoms with Crippen molar-refractivity contribution in [3.05, 3.63) is 71.3 Å². The summed E-state index contributed by atoms with van der Waals surface area (Å²) in [6, 6.07) is 16.8. The minimum atomic E-state index is -0.202. The fourth-order valence-corrected chi connectivity index (χ4v) is 1.66. The number of benzene rings is 2. The average Bonchev–Trinajstić information content (AvgIpc) is 2.40. The van der Waals surface area contributed by atoms with E-state index >= 15 is 0 Å². The molecule has 1 N–H and O–H groups in total. The SMILES string of the molecule is O=C(C=Cc1ccccc1)Nc1ccccc1Cl. The molecule has 0 heterocycles. The van der Waals surface area contributed by atoms with Crippen LogP contribution in [-0.4, -0.2) is 5.91 Å². The molecule has 0 bridgehead atoms. The highest BCUT2D eigenvalue weighted by atomic mass is 35.5. The molecule has 0 atom stereocenters. The van der Waals surface area contributed by atoms with Gasteiger partial charge in [-0.1, -0.05) is 54.1 Å². The van der Waals surface area contributed by atoms with Gasteiger partial charge in [-0.05, 0) is 23.8 Å². The molecule has 0 fully saturated rings. The highest BCUT2D eigenvalue weighted by molar-refractivity contribution is 6.33. The Morgan fingerprint density at radius 1 is 1.00 bits per heavy atom. The largest absolute Gasteiger partial charge is 0.321 e. The maximum atomic E-state index is 11.7. The number of para-hydroxylation sites is 1. The summed E-state index contributed by atoms with van der Waals surface area (Å²) in [5.41, 5.74) is 1.59. The molecule has 0 spiro atoms. The molecule has 0 aliphatic carbocycles. The van der Waals surface area contributed by atoms with Gasteiger partial charge in [-0.3, -0.25) is 4.79 Å². The number of halogens is 1. The highest BCUT2D eigenvalue weighted by Crippen LogP contribution is 2.20. The molecule has 90 valence electrons. The lowest BCUT2D eigenvalue weighted by molar-refractivity contribution is -0.111. The van der Waals surface area contributed by atoms with Crippen LogP contribution in [0.15, 0.2) is 60.7 Å². The summed E-state index contributed by atoms with van der Waals surface area (Å²) >= 11 is 5.95. The van der Waals surface area contributed by atoms with Crippen LogP contribution in [0.5, 0.6) is 0 Å². The summed E-state index contributed by atoms with van der Waals surface area (Å²) in [6.45, 7) is 0. The van der Waals surface area contributed by atoms with Gasteiger partial charge < -0.3 is 5.32 Å². The van der Waals surface area contributed by atoms with E-state index in [0.29, 0.717) is 10.7 Å². The van der Waals surface area contributed by atoms with Gasteiger partial charge in [0, 0.05) is 6.08 Å². The van der Waals surface area contributed by atoms with Crippen LogP contribution in [0.2, 0.25) is 5.02 Å². The Morgan fingerprint density at radius 3 is 2.39 bits per heavy atom. The Labute approximate surface area is 111 Å². The van der Waals surface area contributed by atoms with Gasteiger partial charge in [0.15, 0.2) is 0 Å². The molecule has 3 heteroatoms. The first-order valence-electron chi connectivity index (χ1n) is 5.54. The van der Waals surface area contributed by atoms with Crippen LogP contribution in [0.4, 0.5) is 5.69 Å². The lowest BCUT2D eigenvalue weighted by Crippen LogP contribution is -2.07. The number of amides is 1. The van der Waals surface area contributed by atoms with E-state index in [1.807, 2.05) is 42.5 Å². The number of anilines is 1. The van der Waals surface area contributed by atoms with Gasteiger partial charge in [0.1, 0.15) is 0 Å². The maximum absolute atomic E-state index is 11.7. The molecular weight excluding hydrogens is 246 g/mol. The van der Waals surface area contributed by atoms with Crippen LogP contribution in [0.25, 0.3) is 6.08 Å². The zero-order valence-corrected chi connectivity index (χ0v) is 10.4. The van der Waals surface area contributed by atoms with E-state index in [1.165, 1.54) is 6.08 Å². The first kappa shape index (κ1) is 12.4. The number of hydrogen-bond acceptors (Lipinski definition) is 1. The Hall–Kier alpha value is -2.06. The van der Waals surface area contributed by atoms with Crippen molar-refractivity contribution in [1.29, 1.82) is 0 Å².